The molecule has 4 N–H and O–H groups in total. The molecule has 114 valence electrons. The molecule has 0 amide bonds. The van der Waals surface area contributed by atoms with Gasteiger partial charge in [0, 0.05) is 17.8 Å². The monoisotopic (exact) mass is 304 g/mol. The number of rotatable bonds is 6. The second-order valence-corrected chi connectivity index (χ2v) is 6.79. The van der Waals surface area contributed by atoms with E-state index in [9.17, 15) is 12.8 Å². The fourth-order valence-corrected chi connectivity index (χ4v) is 3.58. The summed E-state index contributed by atoms with van der Waals surface area (Å²) in [6.45, 7) is 4.75. The van der Waals surface area contributed by atoms with Crippen LogP contribution in [0.5, 0.6) is 0 Å². The molecule has 0 fully saturated rings. The molecule has 1 rings (SSSR count). The Hall–Kier alpha value is -1.18. The summed E-state index contributed by atoms with van der Waals surface area (Å²) in [6, 6.07) is 2.47. The van der Waals surface area contributed by atoms with Gasteiger partial charge in [0.1, 0.15) is 10.7 Å². The number of halogens is 1. The number of aliphatic hydroxyl groups excluding tert-OH is 1. The van der Waals surface area contributed by atoms with Gasteiger partial charge in [-0.3, -0.25) is 0 Å². The third-order valence-electron chi connectivity index (χ3n) is 3.36. The number of nitrogens with two attached hydrogens (primary N) is 1. The third kappa shape index (κ3) is 3.68. The molecule has 0 aromatic heterocycles. The van der Waals surface area contributed by atoms with E-state index in [1.165, 1.54) is 13.0 Å². The van der Waals surface area contributed by atoms with Gasteiger partial charge in [0.15, 0.2) is 0 Å². The average molecular weight is 304 g/mol. The second-order valence-electron chi connectivity index (χ2n) is 5.14. The summed E-state index contributed by atoms with van der Waals surface area (Å²) >= 11 is 0. The third-order valence-corrected chi connectivity index (χ3v) is 5.00. The maximum atomic E-state index is 14.0. The van der Waals surface area contributed by atoms with E-state index in [1.807, 2.05) is 0 Å². The molecule has 0 heterocycles. The maximum Gasteiger partial charge on any atom is 0.244 e. The van der Waals surface area contributed by atoms with E-state index in [-0.39, 0.29) is 24.3 Å². The fourth-order valence-electron chi connectivity index (χ4n) is 1.89. The van der Waals surface area contributed by atoms with Crippen LogP contribution in [0.4, 0.5) is 10.1 Å². The van der Waals surface area contributed by atoms with Crippen molar-refractivity contribution in [2.24, 2.45) is 0 Å². The van der Waals surface area contributed by atoms with E-state index >= 15 is 0 Å². The number of hydrogen-bond acceptors (Lipinski definition) is 4. The number of hydrogen-bond donors (Lipinski definition) is 3. The standard InChI is InChI=1S/C13H21FN2O3S/c1-4-13(3,5-6-17)16-20(18,19)11-8-10(15)7-9(2)12(11)14/h7-8,16-17H,4-6,15H2,1-3H3. The Balaban J connectivity index is 3.24. The summed E-state index contributed by atoms with van der Waals surface area (Å²) < 4.78 is 41.1. The van der Waals surface area contributed by atoms with Crippen molar-refractivity contribution in [1.82, 2.24) is 4.72 Å². The average Bonchev–Trinajstić information content (AvgIpc) is 2.33. The maximum absolute atomic E-state index is 14.0. The highest BCUT2D eigenvalue weighted by Crippen LogP contribution is 2.24. The molecule has 0 saturated carbocycles. The molecule has 1 aromatic carbocycles. The van der Waals surface area contributed by atoms with E-state index in [2.05, 4.69) is 4.72 Å². The van der Waals surface area contributed by atoms with Gasteiger partial charge in [-0.15, -0.1) is 0 Å². The fraction of sp³-hybridized carbons (Fsp3) is 0.538. The van der Waals surface area contributed by atoms with E-state index in [1.54, 1.807) is 13.8 Å². The molecule has 5 nitrogen and oxygen atoms in total. The lowest BCUT2D eigenvalue weighted by Crippen LogP contribution is -2.46. The van der Waals surface area contributed by atoms with E-state index in [4.69, 9.17) is 10.8 Å². The Bertz CT molecular complexity index is 590. The van der Waals surface area contributed by atoms with Gasteiger partial charge in [-0.05, 0) is 44.4 Å². The zero-order valence-electron chi connectivity index (χ0n) is 11.9. The lowest BCUT2D eigenvalue weighted by molar-refractivity contribution is 0.233. The Morgan fingerprint density at radius 2 is 2.05 bits per heavy atom. The van der Waals surface area contributed by atoms with Gasteiger partial charge in [-0.25, -0.2) is 17.5 Å². The second kappa shape index (κ2) is 6.07. The zero-order chi connectivity index (χ0) is 15.6. The van der Waals surface area contributed by atoms with Gasteiger partial charge in [-0.2, -0.15) is 0 Å². The molecular weight excluding hydrogens is 283 g/mol. The summed E-state index contributed by atoms with van der Waals surface area (Å²) in [6.07, 6.45) is 0.710. The van der Waals surface area contributed by atoms with Crippen molar-refractivity contribution < 1.29 is 17.9 Å². The van der Waals surface area contributed by atoms with Gasteiger partial charge in [0.25, 0.3) is 0 Å². The highest BCUT2D eigenvalue weighted by atomic mass is 32.2. The van der Waals surface area contributed by atoms with Crippen molar-refractivity contribution in [1.29, 1.82) is 0 Å². The van der Waals surface area contributed by atoms with Crippen LogP contribution in [0.1, 0.15) is 32.3 Å². The number of anilines is 1. The first-order valence-electron chi connectivity index (χ1n) is 6.35. The number of sulfonamides is 1. The Labute approximate surface area is 119 Å². The van der Waals surface area contributed by atoms with Crippen LogP contribution in [0.15, 0.2) is 17.0 Å². The molecule has 0 aliphatic carbocycles. The van der Waals surface area contributed by atoms with Crippen LogP contribution < -0.4 is 10.5 Å². The number of nitrogen functional groups attached to an aromatic ring is 1. The molecule has 20 heavy (non-hydrogen) atoms. The van der Waals surface area contributed by atoms with Gasteiger partial charge in [0.2, 0.25) is 10.0 Å². The highest BCUT2D eigenvalue weighted by Gasteiger charge is 2.30. The minimum atomic E-state index is -4.04. The molecule has 1 atom stereocenters. The summed E-state index contributed by atoms with van der Waals surface area (Å²) in [5.41, 5.74) is 5.10. The number of benzene rings is 1. The summed E-state index contributed by atoms with van der Waals surface area (Å²) in [5.74, 6) is -0.811. The van der Waals surface area contributed by atoms with Crippen molar-refractivity contribution >= 4 is 15.7 Å². The Morgan fingerprint density at radius 1 is 1.45 bits per heavy atom. The van der Waals surface area contributed by atoms with Crippen molar-refractivity contribution in [3.05, 3.63) is 23.5 Å². The number of aryl methyl sites for hydroxylation is 1. The van der Waals surface area contributed by atoms with E-state index in [0.717, 1.165) is 6.07 Å². The lowest BCUT2D eigenvalue weighted by Gasteiger charge is -2.28. The predicted octanol–water partition coefficient (Wildman–Crippen LogP) is 1.55. The molecule has 0 radical (unpaired) electrons. The largest absolute Gasteiger partial charge is 0.399 e. The SMILES string of the molecule is CCC(C)(CCO)NS(=O)(=O)c1cc(N)cc(C)c1F. The molecule has 7 heteroatoms. The smallest absolute Gasteiger partial charge is 0.244 e. The quantitative estimate of drug-likeness (QED) is 0.695. The highest BCUT2D eigenvalue weighted by molar-refractivity contribution is 7.89. The van der Waals surface area contributed by atoms with Gasteiger partial charge in [-0.1, -0.05) is 6.92 Å². The first-order valence-corrected chi connectivity index (χ1v) is 7.84. The van der Waals surface area contributed by atoms with E-state index < -0.39 is 26.3 Å². The molecule has 1 unspecified atom stereocenters. The topological polar surface area (TPSA) is 92.4 Å². The molecule has 0 aliphatic heterocycles. The predicted molar refractivity (Wildman–Crippen MR) is 76.3 cm³/mol. The molecule has 0 aliphatic rings. The number of aliphatic hydroxyl groups is 1. The van der Waals surface area contributed by atoms with Crippen LogP contribution >= 0.6 is 0 Å². The van der Waals surface area contributed by atoms with Crippen molar-refractivity contribution in [2.45, 2.75) is 44.0 Å². The van der Waals surface area contributed by atoms with Crippen LogP contribution in [0.2, 0.25) is 0 Å². The van der Waals surface area contributed by atoms with Crippen molar-refractivity contribution in [3.63, 3.8) is 0 Å². The summed E-state index contributed by atoms with van der Waals surface area (Å²) in [4.78, 5) is -0.465. The molecule has 1 aromatic rings. The van der Waals surface area contributed by atoms with Crippen molar-refractivity contribution in [2.75, 3.05) is 12.3 Å². The Morgan fingerprint density at radius 3 is 2.55 bits per heavy atom. The van der Waals surface area contributed by atoms with Gasteiger partial charge in [0.05, 0.1) is 0 Å². The first kappa shape index (κ1) is 16.9. The normalized spacial score (nSPS) is 15.1. The number of nitrogens with one attached hydrogen (secondary N) is 1. The first-order chi connectivity index (χ1) is 9.15. The van der Waals surface area contributed by atoms with Crippen molar-refractivity contribution in [3.8, 4) is 0 Å². The van der Waals surface area contributed by atoms with Crippen LogP contribution in [-0.4, -0.2) is 25.7 Å². The van der Waals surface area contributed by atoms with Crippen LogP contribution in [0.3, 0.4) is 0 Å². The molecule has 0 spiro atoms. The zero-order valence-corrected chi connectivity index (χ0v) is 12.7. The van der Waals surface area contributed by atoms with Crippen LogP contribution in [0, 0.1) is 12.7 Å². The van der Waals surface area contributed by atoms with E-state index in [0.29, 0.717) is 6.42 Å². The Kier molecular flexibility index (Phi) is 5.12. The minimum Gasteiger partial charge on any atom is -0.399 e. The summed E-state index contributed by atoms with van der Waals surface area (Å²) in [5, 5.41) is 9.01. The molecule has 0 saturated heterocycles. The summed E-state index contributed by atoms with van der Waals surface area (Å²) in [7, 11) is -4.04. The van der Waals surface area contributed by atoms with Gasteiger partial charge >= 0.3 is 0 Å². The van der Waals surface area contributed by atoms with Crippen LogP contribution in [-0.2, 0) is 10.0 Å². The molecular formula is C13H21FN2O3S. The van der Waals surface area contributed by atoms with Crippen LogP contribution in [0.25, 0.3) is 0 Å². The lowest BCUT2D eigenvalue weighted by atomic mass is 9.97. The minimum absolute atomic E-state index is 0.161. The van der Waals surface area contributed by atoms with Gasteiger partial charge < -0.3 is 10.8 Å². The molecule has 0 bridgehead atoms.